The average molecular weight is 272 g/mol. The summed E-state index contributed by atoms with van der Waals surface area (Å²) in [7, 11) is 0. The summed E-state index contributed by atoms with van der Waals surface area (Å²) in [5, 5.41) is 2.90. The standard InChI is InChI=1S/C17H24N2O/c1-14(2)12-18-17(20)16-8-10-19(11-9-16)13-15-6-4-3-5-7-15/h3-7,12,16H,8-11,13H2,1-2H3,(H,18,20). The summed E-state index contributed by atoms with van der Waals surface area (Å²) < 4.78 is 0. The minimum absolute atomic E-state index is 0.164. The smallest absolute Gasteiger partial charge is 0.227 e. The van der Waals surface area contributed by atoms with Crippen molar-refractivity contribution in [2.24, 2.45) is 5.92 Å². The van der Waals surface area contributed by atoms with E-state index in [-0.39, 0.29) is 11.8 Å². The zero-order chi connectivity index (χ0) is 14.4. The van der Waals surface area contributed by atoms with Gasteiger partial charge in [0.25, 0.3) is 0 Å². The van der Waals surface area contributed by atoms with Gasteiger partial charge in [0.1, 0.15) is 0 Å². The first-order chi connectivity index (χ1) is 9.65. The second kappa shape index (κ2) is 7.25. The van der Waals surface area contributed by atoms with E-state index in [0.29, 0.717) is 0 Å². The largest absolute Gasteiger partial charge is 0.333 e. The first-order valence-corrected chi connectivity index (χ1v) is 7.35. The molecule has 108 valence electrons. The summed E-state index contributed by atoms with van der Waals surface area (Å²) in [6.07, 6.45) is 3.71. The average Bonchev–Trinajstić information content (AvgIpc) is 2.46. The first-order valence-electron chi connectivity index (χ1n) is 7.35. The van der Waals surface area contributed by atoms with Crippen LogP contribution in [0.1, 0.15) is 32.3 Å². The first kappa shape index (κ1) is 14.8. The molecule has 1 fully saturated rings. The van der Waals surface area contributed by atoms with E-state index in [1.165, 1.54) is 5.56 Å². The van der Waals surface area contributed by atoms with Gasteiger partial charge in [-0.25, -0.2) is 0 Å². The molecule has 0 atom stereocenters. The van der Waals surface area contributed by atoms with E-state index < -0.39 is 0 Å². The Bertz CT molecular complexity index is 455. The fourth-order valence-electron chi connectivity index (χ4n) is 2.53. The van der Waals surface area contributed by atoms with Crippen LogP contribution in [-0.4, -0.2) is 23.9 Å². The van der Waals surface area contributed by atoms with Crippen LogP contribution in [0.3, 0.4) is 0 Å². The van der Waals surface area contributed by atoms with Crippen LogP contribution in [0.15, 0.2) is 42.1 Å². The maximum absolute atomic E-state index is 12.0. The van der Waals surface area contributed by atoms with Crippen molar-refractivity contribution in [2.45, 2.75) is 33.2 Å². The minimum Gasteiger partial charge on any atom is -0.333 e. The topological polar surface area (TPSA) is 32.3 Å². The van der Waals surface area contributed by atoms with Crippen molar-refractivity contribution in [1.82, 2.24) is 10.2 Å². The molecule has 1 aliphatic heterocycles. The summed E-state index contributed by atoms with van der Waals surface area (Å²) in [4.78, 5) is 14.4. The van der Waals surface area contributed by atoms with Crippen LogP contribution >= 0.6 is 0 Å². The lowest BCUT2D eigenvalue weighted by molar-refractivity contribution is -0.125. The van der Waals surface area contributed by atoms with Crippen molar-refractivity contribution in [3.63, 3.8) is 0 Å². The number of hydrogen-bond donors (Lipinski definition) is 1. The molecule has 3 nitrogen and oxygen atoms in total. The third kappa shape index (κ3) is 4.49. The third-order valence-corrected chi connectivity index (χ3v) is 3.71. The lowest BCUT2D eigenvalue weighted by Gasteiger charge is -2.31. The summed E-state index contributed by atoms with van der Waals surface area (Å²) in [5.41, 5.74) is 2.47. The molecule has 1 saturated heterocycles. The van der Waals surface area contributed by atoms with Gasteiger partial charge in [-0.05, 0) is 45.3 Å². The van der Waals surface area contributed by atoms with Crippen LogP contribution in [0.4, 0.5) is 0 Å². The van der Waals surface area contributed by atoms with E-state index >= 15 is 0 Å². The second-order valence-electron chi connectivity index (χ2n) is 5.77. The summed E-state index contributed by atoms with van der Waals surface area (Å²) >= 11 is 0. The molecule has 0 aromatic heterocycles. The Morgan fingerprint density at radius 2 is 1.90 bits per heavy atom. The minimum atomic E-state index is 0.164. The Labute approximate surface area is 121 Å². The predicted octanol–water partition coefficient (Wildman–Crippen LogP) is 2.94. The normalized spacial score (nSPS) is 16.7. The molecule has 20 heavy (non-hydrogen) atoms. The van der Waals surface area contributed by atoms with E-state index in [4.69, 9.17) is 0 Å². The van der Waals surface area contributed by atoms with Crippen molar-refractivity contribution < 1.29 is 4.79 Å². The van der Waals surface area contributed by atoms with Crippen LogP contribution in [0.25, 0.3) is 0 Å². The fraction of sp³-hybridized carbons (Fsp3) is 0.471. The number of piperidine rings is 1. The lowest BCUT2D eigenvalue weighted by atomic mass is 9.95. The van der Waals surface area contributed by atoms with Gasteiger partial charge in [0.15, 0.2) is 0 Å². The quantitative estimate of drug-likeness (QED) is 0.914. The molecule has 1 aromatic rings. The number of hydrogen-bond acceptors (Lipinski definition) is 2. The molecule has 1 amide bonds. The van der Waals surface area contributed by atoms with Crippen LogP contribution < -0.4 is 5.32 Å². The van der Waals surface area contributed by atoms with Gasteiger partial charge in [-0.2, -0.15) is 0 Å². The number of allylic oxidation sites excluding steroid dienone is 1. The molecule has 1 heterocycles. The summed E-state index contributed by atoms with van der Waals surface area (Å²) in [6.45, 7) is 6.97. The summed E-state index contributed by atoms with van der Waals surface area (Å²) in [5.74, 6) is 0.336. The Kier molecular flexibility index (Phi) is 5.36. The highest BCUT2D eigenvalue weighted by atomic mass is 16.1. The highest BCUT2D eigenvalue weighted by Crippen LogP contribution is 2.19. The van der Waals surface area contributed by atoms with E-state index in [0.717, 1.165) is 38.0 Å². The van der Waals surface area contributed by atoms with Crippen LogP contribution in [0.5, 0.6) is 0 Å². The Hall–Kier alpha value is -1.61. The Morgan fingerprint density at radius 1 is 1.25 bits per heavy atom. The van der Waals surface area contributed by atoms with Crippen molar-refractivity contribution in [1.29, 1.82) is 0 Å². The van der Waals surface area contributed by atoms with Gasteiger partial charge in [-0.15, -0.1) is 0 Å². The number of benzene rings is 1. The number of rotatable bonds is 4. The maximum atomic E-state index is 12.0. The molecule has 2 rings (SSSR count). The molecule has 0 unspecified atom stereocenters. The molecule has 0 aliphatic carbocycles. The van der Waals surface area contributed by atoms with Crippen LogP contribution in [0.2, 0.25) is 0 Å². The van der Waals surface area contributed by atoms with Crippen molar-refractivity contribution >= 4 is 5.91 Å². The molecule has 0 saturated carbocycles. The molecular weight excluding hydrogens is 248 g/mol. The van der Waals surface area contributed by atoms with E-state index in [2.05, 4.69) is 34.5 Å². The van der Waals surface area contributed by atoms with Crippen LogP contribution in [0, 0.1) is 5.92 Å². The summed E-state index contributed by atoms with van der Waals surface area (Å²) in [6, 6.07) is 10.5. The zero-order valence-corrected chi connectivity index (χ0v) is 12.4. The Morgan fingerprint density at radius 3 is 2.50 bits per heavy atom. The third-order valence-electron chi connectivity index (χ3n) is 3.71. The van der Waals surface area contributed by atoms with Crippen molar-refractivity contribution in [2.75, 3.05) is 13.1 Å². The van der Waals surface area contributed by atoms with E-state index in [1.807, 2.05) is 19.9 Å². The van der Waals surface area contributed by atoms with E-state index in [9.17, 15) is 4.79 Å². The molecule has 0 radical (unpaired) electrons. The predicted molar refractivity (Wildman–Crippen MR) is 82.0 cm³/mol. The number of amides is 1. The van der Waals surface area contributed by atoms with E-state index in [1.54, 1.807) is 6.20 Å². The van der Waals surface area contributed by atoms with Crippen LogP contribution in [-0.2, 0) is 11.3 Å². The number of likely N-dealkylation sites (tertiary alicyclic amines) is 1. The second-order valence-corrected chi connectivity index (χ2v) is 5.77. The fourth-order valence-corrected chi connectivity index (χ4v) is 2.53. The molecular formula is C17H24N2O. The van der Waals surface area contributed by atoms with Gasteiger partial charge >= 0.3 is 0 Å². The number of carbonyl (C=O) groups is 1. The van der Waals surface area contributed by atoms with Crippen molar-refractivity contribution in [3.8, 4) is 0 Å². The molecule has 3 heteroatoms. The zero-order valence-electron chi connectivity index (χ0n) is 12.4. The number of nitrogens with one attached hydrogen (secondary N) is 1. The lowest BCUT2D eigenvalue weighted by Crippen LogP contribution is -2.39. The Balaban J connectivity index is 1.78. The molecule has 0 bridgehead atoms. The molecule has 0 spiro atoms. The van der Waals surface area contributed by atoms with Crippen molar-refractivity contribution in [3.05, 3.63) is 47.7 Å². The van der Waals surface area contributed by atoms with Gasteiger partial charge in [0.2, 0.25) is 5.91 Å². The SMILES string of the molecule is CC(C)=CNC(=O)C1CCN(Cc2ccccc2)CC1. The molecule has 1 aliphatic rings. The van der Waals surface area contributed by atoms with Gasteiger partial charge in [0, 0.05) is 18.7 Å². The number of carbonyl (C=O) groups excluding carboxylic acids is 1. The maximum Gasteiger partial charge on any atom is 0.227 e. The number of nitrogens with zero attached hydrogens (tertiary/aromatic N) is 1. The van der Waals surface area contributed by atoms with Gasteiger partial charge in [0.05, 0.1) is 0 Å². The molecule has 1 N–H and O–H groups in total. The highest BCUT2D eigenvalue weighted by molar-refractivity contribution is 5.79. The van der Waals surface area contributed by atoms with Gasteiger partial charge in [-0.1, -0.05) is 35.9 Å². The monoisotopic (exact) mass is 272 g/mol. The van der Waals surface area contributed by atoms with Gasteiger partial charge < -0.3 is 5.32 Å². The van der Waals surface area contributed by atoms with Gasteiger partial charge in [-0.3, -0.25) is 9.69 Å². The molecule has 1 aromatic carbocycles. The highest BCUT2D eigenvalue weighted by Gasteiger charge is 2.24.